The van der Waals surface area contributed by atoms with Gasteiger partial charge in [0.2, 0.25) is 0 Å². The molecule has 11 heteroatoms. The Hall–Kier alpha value is -4.54. The fourth-order valence-electron chi connectivity index (χ4n) is 3.80. The quantitative estimate of drug-likeness (QED) is 0.177. The first-order valence-electron chi connectivity index (χ1n) is 12.4. The highest BCUT2D eigenvalue weighted by Crippen LogP contribution is 2.32. The van der Waals surface area contributed by atoms with E-state index in [1.165, 1.54) is 38.6 Å². The number of hydrogen-bond acceptors (Lipinski definition) is 7. The summed E-state index contributed by atoms with van der Waals surface area (Å²) >= 11 is 6.01. The largest absolute Gasteiger partial charge is 0.493 e. The molecule has 0 saturated heterocycles. The Morgan fingerprint density at radius 3 is 2.32 bits per heavy atom. The molecule has 0 bridgehead atoms. The average Bonchev–Trinajstić information content (AvgIpc) is 2.99. The molecular weight excluding hydrogens is 566 g/mol. The summed E-state index contributed by atoms with van der Waals surface area (Å²) in [5.74, 6) is 0.655. The van der Waals surface area contributed by atoms with Crippen LogP contribution in [0.5, 0.6) is 17.2 Å². The van der Waals surface area contributed by atoms with Crippen LogP contribution in [0.2, 0.25) is 5.02 Å². The maximum atomic E-state index is 13.6. The van der Waals surface area contributed by atoms with Crippen molar-refractivity contribution >= 4 is 39.4 Å². The van der Waals surface area contributed by atoms with E-state index in [4.69, 9.17) is 25.8 Å². The predicted octanol–water partition coefficient (Wildman–Crippen LogP) is 5.28. The summed E-state index contributed by atoms with van der Waals surface area (Å²) in [4.78, 5) is 12.7. The Morgan fingerprint density at radius 2 is 1.63 bits per heavy atom. The third kappa shape index (κ3) is 7.77. The molecule has 0 heterocycles. The lowest BCUT2D eigenvalue weighted by molar-refractivity contribution is -0.119. The van der Waals surface area contributed by atoms with Crippen LogP contribution in [0, 0.1) is 0 Å². The second kappa shape index (κ2) is 13.7. The average molecular weight is 594 g/mol. The van der Waals surface area contributed by atoms with Gasteiger partial charge in [0.05, 0.1) is 31.0 Å². The second-order valence-electron chi connectivity index (χ2n) is 8.64. The molecule has 1 N–H and O–H groups in total. The zero-order valence-corrected chi connectivity index (χ0v) is 23.9. The summed E-state index contributed by atoms with van der Waals surface area (Å²) in [6, 6.07) is 27.1. The minimum absolute atomic E-state index is 0.0621. The standard InChI is InChI=1S/C30H28ClN3O6S/c1-38-28-16-15-27(18-29(28)39-2)41(36,37)34(25-9-4-3-5-10-25)20-30(35)33-32-19-22-11-13-26(14-12-22)40-21-23-7-6-8-24(31)17-23/h3-19H,20-21H2,1-2H3,(H,33,35)/b32-19-. The normalized spacial score (nSPS) is 11.2. The number of methoxy groups -OCH3 is 2. The first kappa shape index (κ1) is 29.4. The molecule has 4 aromatic rings. The molecule has 0 aromatic heterocycles. The van der Waals surface area contributed by atoms with E-state index >= 15 is 0 Å². The lowest BCUT2D eigenvalue weighted by atomic mass is 10.2. The lowest BCUT2D eigenvalue weighted by Gasteiger charge is -2.24. The molecular formula is C30H28ClN3O6S. The minimum Gasteiger partial charge on any atom is -0.493 e. The highest BCUT2D eigenvalue weighted by atomic mass is 35.5. The number of hydrazone groups is 1. The number of para-hydroxylation sites is 1. The zero-order chi connectivity index (χ0) is 29.2. The molecule has 0 radical (unpaired) electrons. The van der Waals surface area contributed by atoms with E-state index in [2.05, 4.69) is 10.5 Å². The topological polar surface area (TPSA) is 107 Å². The predicted molar refractivity (Wildman–Crippen MR) is 158 cm³/mol. The monoisotopic (exact) mass is 593 g/mol. The molecule has 0 aliphatic carbocycles. The van der Waals surface area contributed by atoms with E-state index in [1.807, 2.05) is 18.2 Å². The summed E-state index contributed by atoms with van der Waals surface area (Å²) in [6.45, 7) is -0.136. The van der Waals surface area contributed by atoms with Gasteiger partial charge in [-0.2, -0.15) is 5.10 Å². The van der Waals surface area contributed by atoms with Gasteiger partial charge in [0.15, 0.2) is 11.5 Å². The molecule has 0 saturated carbocycles. The molecule has 0 atom stereocenters. The van der Waals surface area contributed by atoms with Crippen molar-refractivity contribution in [3.63, 3.8) is 0 Å². The first-order valence-corrected chi connectivity index (χ1v) is 14.2. The number of carbonyl (C=O) groups is 1. The highest BCUT2D eigenvalue weighted by Gasteiger charge is 2.28. The molecule has 0 aliphatic rings. The second-order valence-corrected chi connectivity index (χ2v) is 10.9. The molecule has 4 aromatic carbocycles. The smallest absolute Gasteiger partial charge is 0.264 e. The molecule has 41 heavy (non-hydrogen) atoms. The number of rotatable bonds is 12. The van der Waals surface area contributed by atoms with Crippen LogP contribution < -0.4 is 23.9 Å². The number of halogens is 1. The molecule has 1 amide bonds. The highest BCUT2D eigenvalue weighted by molar-refractivity contribution is 7.92. The van der Waals surface area contributed by atoms with Crippen molar-refractivity contribution in [3.05, 3.63) is 113 Å². The van der Waals surface area contributed by atoms with Crippen molar-refractivity contribution in [2.24, 2.45) is 5.10 Å². The molecule has 0 spiro atoms. The van der Waals surface area contributed by atoms with Crippen molar-refractivity contribution in [2.45, 2.75) is 11.5 Å². The zero-order valence-electron chi connectivity index (χ0n) is 22.4. The van der Waals surface area contributed by atoms with Crippen molar-refractivity contribution in [1.82, 2.24) is 5.43 Å². The number of hydrogen-bond donors (Lipinski definition) is 1. The summed E-state index contributed by atoms with van der Waals surface area (Å²) < 4.78 is 44.5. The Kier molecular flexibility index (Phi) is 9.83. The van der Waals surface area contributed by atoms with E-state index < -0.39 is 22.5 Å². The van der Waals surface area contributed by atoms with Crippen LogP contribution in [0.1, 0.15) is 11.1 Å². The molecule has 0 aliphatic heterocycles. The van der Waals surface area contributed by atoms with Gasteiger partial charge in [-0.25, -0.2) is 13.8 Å². The van der Waals surface area contributed by atoms with Crippen LogP contribution in [-0.4, -0.2) is 41.3 Å². The number of nitrogens with one attached hydrogen (secondary N) is 1. The maximum Gasteiger partial charge on any atom is 0.264 e. The summed E-state index contributed by atoms with van der Waals surface area (Å²) in [5.41, 5.74) is 4.37. The Bertz CT molecular complexity index is 1610. The van der Waals surface area contributed by atoms with Gasteiger partial charge in [-0.05, 0) is 71.8 Å². The summed E-state index contributed by atoms with van der Waals surface area (Å²) in [7, 11) is -1.28. The molecule has 0 fully saturated rings. The van der Waals surface area contributed by atoms with E-state index in [0.717, 1.165) is 9.87 Å². The SMILES string of the molecule is COc1ccc(S(=O)(=O)N(CC(=O)N/N=C\c2ccc(OCc3cccc(Cl)c3)cc2)c2ccccc2)cc1OC. The lowest BCUT2D eigenvalue weighted by Crippen LogP contribution is -2.39. The van der Waals surface area contributed by atoms with Gasteiger partial charge in [-0.3, -0.25) is 9.10 Å². The number of amides is 1. The van der Waals surface area contributed by atoms with Crippen LogP contribution >= 0.6 is 11.6 Å². The number of carbonyl (C=O) groups excluding carboxylic acids is 1. The minimum atomic E-state index is -4.15. The van der Waals surface area contributed by atoms with E-state index in [1.54, 1.807) is 60.7 Å². The summed E-state index contributed by atoms with van der Waals surface area (Å²) in [6.07, 6.45) is 1.45. The van der Waals surface area contributed by atoms with E-state index in [0.29, 0.717) is 34.4 Å². The van der Waals surface area contributed by atoms with Crippen LogP contribution in [0.25, 0.3) is 0 Å². The Labute approximate surface area is 244 Å². The van der Waals surface area contributed by atoms with Gasteiger partial charge < -0.3 is 14.2 Å². The van der Waals surface area contributed by atoms with Gasteiger partial charge in [-0.1, -0.05) is 41.9 Å². The molecule has 4 rings (SSSR count). The molecule has 212 valence electrons. The third-order valence-electron chi connectivity index (χ3n) is 5.85. The Morgan fingerprint density at radius 1 is 0.902 bits per heavy atom. The first-order chi connectivity index (χ1) is 19.8. The van der Waals surface area contributed by atoms with Crippen LogP contribution in [0.15, 0.2) is 107 Å². The maximum absolute atomic E-state index is 13.6. The fraction of sp³-hybridized carbons (Fsp3) is 0.133. The van der Waals surface area contributed by atoms with Crippen molar-refractivity contribution in [1.29, 1.82) is 0 Å². The van der Waals surface area contributed by atoms with Crippen molar-refractivity contribution in [2.75, 3.05) is 25.1 Å². The summed E-state index contributed by atoms with van der Waals surface area (Å²) in [5, 5.41) is 4.63. The van der Waals surface area contributed by atoms with Gasteiger partial charge in [0.25, 0.3) is 15.9 Å². The van der Waals surface area contributed by atoms with Crippen molar-refractivity contribution < 1.29 is 27.4 Å². The van der Waals surface area contributed by atoms with Crippen LogP contribution in [-0.2, 0) is 21.4 Å². The van der Waals surface area contributed by atoms with Crippen LogP contribution in [0.4, 0.5) is 5.69 Å². The number of anilines is 1. The molecule has 0 unspecified atom stereocenters. The fourth-order valence-corrected chi connectivity index (χ4v) is 5.45. The van der Waals surface area contributed by atoms with Gasteiger partial charge in [0, 0.05) is 11.1 Å². The van der Waals surface area contributed by atoms with Crippen molar-refractivity contribution in [3.8, 4) is 17.2 Å². The van der Waals surface area contributed by atoms with Gasteiger partial charge >= 0.3 is 0 Å². The van der Waals surface area contributed by atoms with E-state index in [-0.39, 0.29) is 10.6 Å². The number of nitrogens with zero attached hydrogens (tertiary/aromatic N) is 2. The number of sulfonamides is 1. The number of benzene rings is 4. The molecule has 9 nitrogen and oxygen atoms in total. The van der Waals surface area contributed by atoms with Gasteiger partial charge in [-0.15, -0.1) is 0 Å². The Balaban J connectivity index is 1.42. The third-order valence-corrected chi connectivity index (χ3v) is 7.86. The van der Waals surface area contributed by atoms with Crippen LogP contribution in [0.3, 0.4) is 0 Å². The number of ether oxygens (including phenoxy) is 3. The van der Waals surface area contributed by atoms with E-state index in [9.17, 15) is 13.2 Å². The van der Waals surface area contributed by atoms with Gasteiger partial charge in [0.1, 0.15) is 18.9 Å².